The summed E-state index contributed by atoms with van der Waals surface area (Å²) in [4.78, 5) is 38.4. The molecule has 0 radical (unpaired) electrons. The summed E-state index contributed by atoms with van der Waals surface area (Å²) in [6, 6.07) is 7.05. The van der Waals surface area contributed by atoms with Gasteiger partial charge in [-0.15, -0.1) is 0 Å². The average Bonchev–Trinajstić information content (AvgIpc) is 2.72. The first-order valence-corrected chi connectivity index (χ1v) is 10.0. The topological polar surface area (TPSA) is 84.9 Å². The van der Waals surface area contributed by atoms with E-state index in [1.54, 1.807) is 29.2 Å². The number of carbonyl (C=O) groups is 3. The maximum Gasteiger partial charge on any atom is 0.325 e. The van der Waals surface area contributed by atoms with Crippen molar-refractivity contribution in [2.45, 2.75) is 52.0 Å². The van der Waals surface area contributed by atoms with Crippen molar-refractivity contribution in [1.29, 1.82) is 0 Å². The van der Waals surface area contributed by atoms with Gasteiger partial charge in [0.05, 0.1) is 12.2 Å². The molecule has 1 saturated carbocycles. The molecule has 7 nitrogen and oxygen atoms in total. The Bertz CT molecular complexity index is 671. The van der Waals surface area contributed by atoms with Crippen LogP contribution in [0.5, 0.6) is 5.75 Å². The lowest BCUT2D eigenvalue weighted by Gasteiger charge is -2.33. The third kappa shape index (κ3) is 6.25. The highest BCUT2D eigenvalue weighted by Crippen LogP contribution is 2.22. The van der Waals surface area contributed by atoms with Crippen LogP contribution in [-0.4, -0.2) is 55.0 Å². The molecule has 2 rings (SSSR count). The monoisotopic (exact) mass is 390 g/mol. The fraction of sp³-hybridized carbons (Fsp3) is 0.571. The lowest BCUT2D eigenvalue weighted by molar-refractivity contribution is -0.152. The minimum Gasteiger partial charge on any atom is -0.493 e. The van der Waals surface area contributed by atoms with E-state index in [0.29, 0.717) is 24.5 Å². The van der Waals surface area contributed by atoms with Crippen molar-refractivity contribution in [2.24, 2.45) is 0 Å². The molecule has 7 heteroatoms. The Balaban J connectivity index is 1.79. The summed E-state index contributed by atoms with van der Waals surface area (Å²) in [5.41, 5.74) is 0.350. The number of esters is 1. The number of para-hydroxylation sites is 1. The normalized spacial score (nSPS) is 14.2. The molecule has 2 amide bonds. The fourth-order valence-corrected chi connectivity index (χ4v) is 3.49. The van der Waals surface area contributed by atoms with Gasteiger partial charge in [0.1, 0.15) is 12.3 Å². The molecule has 0 aliphatic heterocycles. The van der Waals surface area contributed by atoms with Crippen molar-refractivity contribution in [2.75, 3.05) is 26.3 Å². The molecule has 0 heterocycles. The Hall–Kier alpha value is -2.57. The summed E-state index contributed by atoms with van der Waals surface area (Å²) >= 11 is 0. The molecule has 1 aliphatic rings. The van der Waals surface area contributed by atoms with Crippen molar-refractivity contribution >= 4 is 17.8 Å². The maximum absolute atomic E-state index is 12.4. The molecular formula is C21H30N2O5. The Kier molecular flexibility index (Phi) is 8.78. The minimum atomic E-state index is -0.643. The van der Waals surface area contributed by atoms with E-state index in [4.69, 9.17) is 9.47 Å². The van der Waals surface area contributed by atoms with Crippen molar-refractivity contribution in [3.05, 3.63) is 29.8 Å². The van der Waals surface area contributed by atoms with Gasteiger partial charge in [0.2, 0.25) is 0 Å². The summed E-state index contributed by atoms with van der Waals surface area (Å²) in [6.07, 6.45) is 5.47. The van der Waals surface area contributed by atoms with Gasteiger partial charge in [0, 0.05) is 12.6 Å². The van der Waals surface area contributed by atoms with Crippen LogP contribution < -0.4 is 10.1 Å². The smallest absolute Gasteiger partial charge is 0.325 e. The van der Waals surface area contributed by atoms with E-state index in [0.717, 1.165) is 25.7 Å². The number of nitrogens with one attached hydrogen (secondary N) is 1. The Morgan fingerprint density at radius 1 is 1.11 bits per heavy atom. The molecule has 1 aliphatic carbocycles. The van der Waals surface area contributed by atoms with E-state index in [-0.39, 0.29) is 25.1 Å². The molecule has 1 N–H and O–H groups in total. The van der Waals surface area contributed by atoms with E-state index < -0.39 is 11.9 Å². The van der Waals surface area contributed by atoms with Crippen LogP contribution in [0.3, 0.4) is 0 Å². The van der Waals surface area contributed by atoms with Crippen LogP contribution in [0.15, 0.2) is 24.3 Å². The summed E-state index contributed by atoms with van der Waals surface area (Å²) in [5, 5.41) is 2.51. The molecule has 0 unspecified atom stereocenters. The fourth-order valence-electron chi connectivity index (χ4n) is 3.49. The number of likely N-dealkylation sites (N-methyl/N-ethyl adjacent to an activating group) is 1. The number of hydrogen-bond acceptors (Lipinski definition) is 5. The molecular weight excluding hydrogens is 360 g/mol. The lowest BCUT2D eigenvalue weighted by atomic mass is 9.94. The standard InChI is InChI=1S/C21H30N2O5/c1-3-23(16-10-6-5-7-11-16)19(24)15-28-20(25)14-22-21(26)17-12-8-9-13-18(17)27-4-2/h8-9,12-13,16H,3-7,10-11,14-15H2,1-2H3,(H,22,26). The summed E-state index contributed by atoms with van der Waals surface area (Å²) in [6.45, 7) is 4.20. The van der Waals surface area contributed by atoms with Crippen LogP contribution in [0.25, 0.3) is 0 Å². The molecule has 0 spiro atoms. The highest BCUT2D eigenvalue weighted by Gasteiger charge is 2.24. The van der Waals surface area contributed by atoms with E-state index in [9.17, 15) is 14.4 Å². The van der Waals surface area contributed by atoms with Crippen LogP contribution >= 0.6 is 0 Å². The van der Waals surface area contributed by atoms with Gasteiger partial charge < -0.3 is 19.7 Å². The minimum absolute atomic E-state index is 0.184. The number of ether oxygens (including phenoxy) is 2. The van der Waals surface area contributed by atoms with Crippen molar-refractivity contribution in [1.82, 2.24) is 10.2 Å². The zero-order chi connectivity index (χ0) is 20.4. The largest absolute Gasteiger partial charge is 0.493 e. The summed E-state index contributed by atoms with van der Waals surface area (Å²) < 4.78 is 10.5. The first-order chi connectivity index (χ1) is 13.6. The van der Waals surface area contributed by atoms with E-state index in [2.05, 4.69) is 5.32 Å². The zero-order valence-corrected chi connectivity index (χ0v) is 16.7. The van der Waals surface area contributed by atoms with Gasteiger partial charge in [-0.05, 0) is 38.8 Å². The van der Waals surface area contributed by atoms with Crippen molar-refractivity contribution in [3.8, 4) is 5.75 Å². The number of benzene rings is 1. The molecule has 0 aromatic heterocycles. The van der Waals surface area contributed by atoms with Gasteiger partial charge in [0.25, 0.3) is 11.8 Å². The Morgan fingerprint density at radius 3 is 2.50 bits per heavy atom. The Labute approximate surface area is 166 Å². The van der Waals surface area contributed by atoms with Gasteiger partial charge in [-0.3, -0.25) is 14.4 Å². The van der Waals surface area contributed by atoms with Gasteiger partial charge >= 0.3 is 5.97 Å². The number of hydrogen-bond donors (Lipinski definition) is 1. The van der Waals surface area contributed by atoms with Crippen LogP contribution in [0, 0.1) is 0 Å². The van der Waals surface area contributed by atoms with E-state index in [1.165, 1.54) is 6.42 Å². The second-order valence-electron chi connectivity index (χ2n) is 6.74. The number of rotatable bonds is 9. The maximum atomic E-state index is 12.4. The number of nitrogens with zero attached hydrogens (tertiary/aromatic N) is 1. The zero-order valence-electron chi connectivity index (χ0n) is 16.7. The van der Waals surface area contributed by atoms with Crippen LogP contribution in [0.2, 0.25) is 0 Å². The number of amides is 2. The van der Waals surface area contributed by atoms with Gasteiger partial charge in [-0.1, -0.05) is 31.4 Å². The van der Waals surface area contributed by atoms with Crippen molar-refractivity contribution < 1.29 is 23.9 Å². The SMILES string of the molecule is CCOc1ccccc1C(=O)NCC(=O)OCC(=O)N(CC)C1CCCCC1. The molecule has 1 aromatic carbocycles. The highest BCUT2D eigenvalue weighted by molar-refractivity contribution is 5.98. The summed E-state index contributed by atoms with van der Waals surface area (Å²) in [5.74, 6) is -0.798. The molecule has 1 fully saturated rings. The molecule has 154 valence electrons. The molecule has 0 atom stereocenters. The quantitative estimate of drug-likeness (QED) is 0.655. The van der Waals surface area contributed by atoms with Gasteiger partial charge in [0.15, 0.2) is 6.61 Å². The van der Waals surface area contributed by atoms with Crippen LogP contribution in [0.1, 0.15) is 56.3 Å². The van der Waals surface area contributed by atoms with Gasteiger partial charge in [-0.2, -0.15) is 0 Å². The predicted octanol–water partition coefficient (Wildman–Crippen LogP) is 2.54. The third-order valence-corrected chi connectivity index (χ3v) is 4.86. The third-order valence-electron chi connectivity index (χ3n) is 4.86. The van der Waals surface area contributed by atoms with Gasteiger partial charge in [-0.25, -0.2) is 0 Å². The second-order valence-corrected chi connectivity index (χ2v) is 6.74. The molecule has 0 bridgehead atoms. The average molecular weight is 390 g/mol. The number of carbonyl (C=O) groups excluding carboxylic acids is 3. The summed E-state index contributed by atoms with van der Waals surface area (Å²) in [7, 11) is 0. The van der Waals surface area contributed by atoms with Crippen molar-refractivity contribution in [3.63, 3.8) is 0 Å². The first-order valence-electron chi connectivity index (χ1n) is 10.0. The molecule has 28 heavy (non-hydrogen) atoms. The van der Waals surface area contributed by atoms with E-state index in [1.807, 2.05) is 13.8 Å². The lowest BCUT2D eigenvalue weighted by Crippen LogP contribution is -2.43. The molecule has 0 saturated heterocycles. The second kappa shape index (κ2) is 11.3. The highest BCUT2D eigenvalue weighted by atomic mass is 16.5. The Morgan fingerprint density at radius 2 is 1.82 bits per heavy atom. The predicted molar refractivity (Wildman–Crippen MR) is 105 cm³/mol. The van der Waals surface area contributed by atoms with Crippen LogP contribution in [0.4, 0.5) is 0 Å². The van der Waals surface area contributed by atoms with Crippen LogP contribution in [-0.2, 0) is 14.3 Å². The first kappa shape index (κ1) is 21.7. The van der Waals surface area contributed by atoms with E-state index >= 15 is 0 Å². The molecule has 1 aromatic rings.